The molecule has 0 N–H and O–H groups in total. The van der Waals surface area contributed by atoms with Gasteiger partial charge in [0.25, 0.3) is 0 Å². The molecule has 0 spiro atoms. The summed E-state index contributed by atoms with van der Waals surface area (Å²) in [6, 6.07) is 6.35. The molecular weight excluding hydrogens is 207 g/mol. The van der Waals surface area contributed by atoms with Gasteiger partial charge in [0.15, 0.2) is 0 Å². The fourth-order valence-electron chi connectivity index (χ4n) is 2.10. The molecule has 0 amide bonds. The molecule has 0 heterocycles. The van der Waals surface area contributed by atoms with E-state index in [1.54, 1.807) is 19.1 Å². The summed E-state index contributed by atoms with van der Waals surface area (Å²) in [7, 11) is 0. The highest BCUT2D eigenvalue weighted by atomic mass is 19.1. The molecule has 0 saturated heterocycles. The maximum absolute atomic E-state index is 12.8. The van der Waals surface area contributed by atoms with Crippen LogP contribution in [0.15, 0.2) is 24.3 Å². The van der Waals surface area contributed by atoms with Gasteiger partial charge < -0.3 is 4.74 Å². The zero-order chi connectivity index (χ0) is 11.8. The van der Waals surface area contributed by atoms with Crippen LogP contribution in [0.25, 0.3) is 0 Å². The van der Waals surface area contributed by atoms with Crippen LogP contribution in [0.4, 0.5) is 4.39 Å². The number of halogens is 1. The van der Waals surface area contributed by atoms with Crippen LogP contribution in [0.2, 0.25) is 0 Å². The van der Waals surface area contributed by atoms with Crippen LogP contribution in [0.5, 0.6) is 0 Å². The van der Waals surface area contributed by atoms with Crippen molar-refractivity contribution in [2.24, 2.45) is 5.92 Å². The Bertz CT molecular complexity index is 399. The van der Waals surface area contributed by atoms with E-state index < -0.39 is 0 Å². The van der Waals surface area contributed by atoms with Gasteiger partial charge in [-0.05, 0) is 31.0 Å². The van der Waals surface area contributed by atoms with Crippen molar-refractivity contribution in [1.82, 2.24) is 0 Å². The van der Waals surface area contributed by atoms with Crippen LogP contribution in [-0.2, 0) is 14.9 Å². The molecular formula is C13H15FO2. The summed E-state index contributed by atoms with van der Waals surface area (Å²) in [4.78, 5) is 11.6. The second-order valence-corrected chi connectivity index (χ2v) is 4.43. The molecule has 2 rings (SSSR count). The summed E-state index contributed by atoms with van der Waals surface area (Å²) in [5, 5.41) is 0. The molecule has 0 aliphatic heterocycles. The van der Waals surface area contributed by atoms with Gasteiger partial charge in [-0.2, -0.15) is 0 Å². The predicted octanol–water partition coefficient (Wildman–Crippen LogP) is 2.67. The highest BCUT2D eigenvalue weighted by molar-refractivity contribution is 5.79. The van der Waals surface area contributed by atoms with Gasteiger partial charge in [0, 0.05) is 5.41 Å². The minimum atomic E-state index is -0.249. The molecule has 1 saturated carbocycles. The molecule has 2 atom stereocenters. The molecule has 1 aromatic rings. The first kappa shape index (κ1) is 11.1. The van der Waals surface area contributed by atoms with Crippen molar-refractivity contribution in [3.63, 3.8) is 0 Å². The van der Waals surface area contributed by atoms with E-state index in [2.05, 4.69) is 0 Å². The van der Waals surface area contributed by atoms with E-state index >= 15 is 0 Å². The van der Waals surface area contributed by atoms with Crippen molar-refractivity contribution in [2.45, 2.75) is 25.7 Å². The minimum absolute atomic E-state index is 0.0714. The van der Waals surface area contributed by atoms with E-state index in [4.69, 9.17) is 4.74 Å². The maximum atomic E-state index is 12.8. The molecule has 86 valence electrons. The number of benzene rings is 1. The van der Waals surface area contributed by atoms with Gasteiger partial charge in [0.05, 0.1) is 12.5 Å². The SMILES string of the molecule is CCOC(=O)C1C[C@]1(C)c1ccc(F)cc1. The monoisotopic (exact) mass is 222 g/mol. The topological polar surface area (TPSA) is 26.3 Å². The summed E-state index contributed by atoms with van der Waals surface area (Å²) in [6.07, 6.45) is 0.789. The minimum Gasteiger partial charge on any atom is -0.466 e. The summed E-state index contributed by atoms with van der Waals surface area (Å²) in [6.45, 7) is 4.23. The first-order valence-corrected chi connectivity index (χ1v) is 5.50. The molecule has 1 unspecified atom stereocenters. The number of esters is 1. The van der Waals surface area contributed by atoms with Crippen LogP contribution in [0, 0.1) is 11.7 Å². The van der Waals surface area contributed by atoms with E-state index in [0.29, 0.717) is 6.61 Å². The standard InChI is InChI=1S/C13H15FO2/c1-3-16-12(15)11-8-13(11,2)9-4-6-10(14)7-5-9/h4-7,11H,3,8H2,1-2H3/t11?,13-/m1/s1. The van der Waals surface area contributed by atoms with Crippen LogP contribution >= 0.6 is 0 Å². The Morgan fingerprint density at radius 1 is 1.50 bits per heavy atom. The third-order valence-electron chi connectivity index (χ3n) is 3.31. The maximum Gasteiger partial charge on any atom is 0.309 e. The van der Waals surface area contributed by atoms with E-state index in [9.17, 15) is 9.18 Å². The molecule has 1 fully saturated rings. The van der Waals surface area contributed by atoms with Gasteiger partial charge in [-0.25, -0.2) is 4.39 Å². The Hall–Kier alpha value is -1.38. The molecule has 1 aromatic carbocycles. The average molecular weight is 222 g/mol. The lowest BCUT2D eigenvalue weighted by atomic mass is 9.95. The Labute approximate surface area is 94.4 Å². The normalized spacial score (nSPS) is 27.6. The summed E-state index contributed by atoms with van der Waals surface area (Å²) in [5.41, 5.74) is 0.840. The molecule has 3 heteroatoms. The first-order valence-electron chi connectivity index (χ1n) is 5.50. The largest absolute Gasteiger partial charge is 0.466 e. The van der Waals surface area contributed by atoms with Crippen molar-refractivity contribution in [2.75, 3.05) is 6.61 Å². The number of hydrogen-bond acceptors (Lipinski definition) is 2. The molecule has 1 aliphatic carbocycles. The Kier molecular flexibility index (Phi) is 2.70. The number of hydrogen-bond donors (Lipinski definition) is 0. The second-order valence-electron chi connectivity index (χ2n) is 4.43. The number of carbonyl (C=O) groups is 1. The third kappa shape index (κ3) is 1.82. The number of ether oxygens (including phenoxy) is 1. The molecule has 0 aromatic heterocycles. The average Bonchev–Trinajstić information content (AvgIpc) is 2.93. The van der Waals surface area contributed by atoms with Gasteiger partial charge >= 0.3 is 5.97 Å². The van der Waals surface area contributed by atoms with Crippen molar-refractivity contribution in [3.8, 4) is 0 Å². The lowest BCUT2D eigenvalue weighted by Crippen LogP contribution is -2.14. The van der Waals surface area contributed by atoms with Gasteiger partial charge in [0.1, 0.15) is 5.82 Å². The summed E-state index contributed by atoms with van der Waals surface area (Å²) >= 11 is 0. The number of rotatable bonds is 3. The van der Waals surface area contributed by atoms with Gasteiger partial charge in [-0.15, -0.1) is 0 Å². The van der Waals surface area contributed by atoms with Crippen molar-refractivity contribution >= 4 is 5.97 Å². The number of carbonyl (C=O) groups excluding carboxylic acids is 1. The molecule has 2 nitrogen and oxygen atoms in total. The highest BCUT2D eigenvalue weighted by Gasteiger charge is 2.56. The fourth-order valence-corrected chi connectivity index (χ4v) is 2.10. The Morgan fingerprint density at radius 2 is 2.12 bits per heavy atom. The van der Waals surface area contributed by atoms with E-state index in [1.165, 1.54) is 12.1 Å². The first-order chi connectivity index (χ1) is 7.58. The van der Waals surface area contributed by atoms with Crippen molar-refractivity contribution in [1.29, 1.82) is 0 Å². The van der Waals surface area contributed by atoms with Crippen LogP contribution < -0.4 is 0 Å². The van der Waals surface area contributed by atoms with Gasteiger partial charge in [0.2, 0.25) is 0 Å². The zero-order valence-electron chi connectivity index (χ0n) is 9.50. The predicted molar refractivity (Wildman–Crippen MR) is 58.5 cm³/mol. The van der Waals surface area contributed by atoms with Crippen molar-refractivity contribution < 1.29 is 13.9 Å². The molecule has 0 radical (unpaired) electrons. The molecule has 1 aliphatic rings. The quantitative estimate of drug-likeness (QED) is 0.735. The van der Waals surface area contributed by atoms with Crippen LogP contribution in [0.3, 0.4) is 0 Å². The smallest absolute Gasteiger partial charge is 0.309 e. The Morgan fingerprint density at radius 3 is 2.69 bits per heavy atom. The third-order valence-corrected chi connectivity index (χ3v) is 3.31. The van der Waals surface area contributed by atoms with E-state index in [0.717, 1.165) is 12.0 Å². The summed E-state index contributed by atoms with van der Waals surface area (Å²) in [5.74, 6) is -0.465. The van der Waals surface area contributed by atoms with E-state index in [-0.39, 0.29) is 23.1 Å². The lowest BCUT2D eigenvalue weighted by molar-refractivity contribution is -0.145. The second kappa shape index (κ2) is 3.89. The van der Waals surface area contributed by atoms with Crippen LogP contribution in [-0.4, -0.2) is 12.6 Å². The fraction of sp³-hybridized carbons (Fsp3) is 0.462. The Balaban J connectivity index is 2.12. The zero-order valence-corrected chi connectivity index (χ0v) is 9.50. The van der Waals surface area contributed by atoms with Gasteiger partial charge in [-0.3, -0.25) is 4.79 Å². The lowest BCUT2D eigenvalue weighted by Gasteiger charge is -2.11. The highest BCUT2D eigenvalue weighted by Crippen LogP contribution is 2.54. The van der Waals surface area contributed by atoms with Crippen molar-refractivity contribution in [3.05, 3.63) is 35.6 Å². The molecule has 16 heavy (non-hydrogen) atoms. The van der Waals surface area contributed by atoms with E-state index in [1.807, 2.05) is 6.92 Å². The van der Waals surface area contributed by atoms with Crippen LogP contribution in [0.1, 0.15) is 25.8 Å². The summed E-state index contributed by atoms with van der Waals surface area (Å²) < 4.78 is 17.8. The molecule has 0 bridgehead atoms. The van der Waals surface area contributed by atoms with Gasteiger partial charge in [-0.1, -0.05) is 19.1 Å².